The molecular weight excluding hydrogens is 164 g/mol. The quantitative estimate of drug-likeness (QED) is 0.627. The Balaban J connectivity index is 2.74. The van der Waals surface area contributed by atoms with Crippen molar-refractivity contribution >= 4 is 0 Å². The van der Waals surface area contributed by atoms with E-state index in [4.69, 9.17) is 9.47 Å². The fourth-order valence-corrected chi connectivity index (χ4v) is 2.03. The maximum atomic E-state index is 5.39. The molecule has 0 aromatic rings. The van der Waals surface area contributed by atoms with E-state index >= 15 is 0 Å². The first kappa shape index (κ1) is 10.7. The predicted molar refractivity (Wildman–Crippen MR) is 53.7 cm³/mol. The molecule has 0 bridgehead atoms. The summed E-state index contributed by atoms with van der Waals surface area (Å²) in [5, 5.41) is 0. The van der Waals surface area contributed by atoms with E-state index in [1.807, 2.05) is 0 Å². The highest BCUT2D eigenvalue weighted by atomic mass is 16.5. The molecule has 1 aliphatic rings. The van der Waals surface area contributed by atoms with Gasteiger partial charge in [0.05, 0.1) is 6.10 Å². The van der Waals surface area contributed by atoms with Crippen LogP contribution in [0, 0.1) is 5.92 Å². The number of allylic oxidation sites excluding steroid dienone is 1. The topological polar surface area (TPSA) is 18.5 Å². The average molecular weight is 184 g/mol. The monoisotopic (exact) mass is 184 g/mol. The van der Waals surface area contributed by atoms with Crippen molar-refractivity contribution in [1.29, 1.82) is 0 Å². The van der Waals surface area contributed by atoms with Crippen LogP contribution in [0.15, 0.2) is 11.6 Å². The molecule has 1 rings (SSSR count). The lowest BCUT2D eigenvalue weighted by Gasteiger charge is -2.32. The molecule has 0 amide bonds. The molecule has 0 saturated heterocycles. The van der Waals surface area contributed by atoms with Crippen LogP contribution in [0.4, 0.5) is 0 Å². The minimum Gasteiger partial charge on any atom is -0.378 e. The van der Waals surface area contributed by atoms with E-state index < -0.39 is 0 Å². The van der Waals surface area contributed by atoms with Crippen molar-refractivity contribution in [2.45, 2.75) is 38.9 Å². The Hall–Kier alpha value is -0.340. The molecule has 0 fully saturated rings. The second-order valence-corrected chi connectivity index (χ2v) is 3.71. The summed E-state index contributed by atoms with van der Waals surface area (Å²) in [6, 6.07) is 0. The molecule has 0 saturated carbocycles. The summed E-state index contributed by atoms with van der Waals surface area (Å²) in [5.41, 5.74) is 1.50. The van der Waals surface area contributed by atoms with Crippen molar-refractivity contribution in [1.82, 2.24) is 0 Å². The highest BCUT2D eigenvalue weighted by Gasteiger charge is 2.27. The lowest BCUT2D eigenvalue weighted by Crippen LogP contribution is -2.34. The average Bonchev–Trinajstić information content (AvgIpc) is 2.17. The molecule has 0 spiro atoms. The van der Waals surface area contributed by atoms with E-state index in [-0.39, 0.29) is 12.2 Å². The minimum absolute atomic E-state index is 0.149. The van der Waals surface area contributed by atoms with E-state index in [1.165, 1.54) is 5.57 Å². The number of ether oxygens (including phenoxy) is 2. The molecule has 0 aromatic heterocycles. The predicted octanol–water partition coefficient (Wildman–Crippen LogP) is 2.39. The Morgan fingerprint density at radius 1 is 1.38 bits per heavy atom. The standard InChI is InChI=1S/C11H20O2/c1-5-9-7-11(13-4)10(12-3)6-8(9)2/h7-8,10-11H,5-6H2,1-4H3. The molecule has 2 heteroatoms. The van der Waals surface area contributed by atoms with Crippen LogP contribution in [0.5, 0.6) is 0 Å². The molecule has 0 heterocycles. The van der Waals surface area contributed by atoms with Gasteiger partial charge in [0.25, 0.3) is 0 Å². The molecule has 0 N–H and O–H groups in total. The third-order valence-corrected chi connectivity index (χ3v) is 2.95. The first-order valence-corrected chi connectivity index (χ1v) is 4.99. The first-order valence-electron chi connectivity index (χ1n) is 4.99. The molecule has 3 unspecified atom stereocenters. The van der Waals surface area contributed by atoms with E-state index in [1.54, 1.807) is 14.2 Å². The van der Waals surface area contributed by atoms with Crippen LogP contribution >= 0.6 is 0 Å². The second-order valence-electron chi connectivity index (χ2n) is 3.71. The van der Waals surface area contributed by atoms with Gasteiger partial charge in [-0.25, -0.2) is 0 Å². The van der Waals surface area contributed by atoms with Crippen molar-refractivity contribution in [3.05, 3.63) is 11.6 Å². The lowest BCUT2D eigenvalue weighted by molar-refractivity contribution is -0.0271. The third-order valence-electron chi connectivity index (χ3n) is 2.95. The van der Waals surface area contributed by atoms with E-state index in [0.717, 1.165) is 12.8 Å². The van der Waals surface area contributed by atoms with Crippen LogP contribution in [-0.2, 0) is 9.47 Å². The maximum Gasteiger partial charge on any atom is 0.102 e. The SMILES string of the molecule is CCC1=CC(OC)C(OC)CC1C. The fourth-order valence-electron chi connectivity index (χ4n) is 2.03. The molecule has 3 atom stereocenters. The van der Waals surface area contributed by atoms with Crippen molar-refractivity contribution in [2.24, 2.45) is 5.92 Å². The molecule has 1 aliphatic carbocycles. The van der Waals surface area contributed by atoms with Gasteiger partial charge in [0, 0.05) is 14.2 Å². The van der Waals surface area contributed by atoms with Crippen molar-refractivity contribution in [3.8, 4) is 0 Å². The molecule has 13 heavy (non-hydrogen) atoms. The zero-order chi connectivity index (χ0) is 9.84. The number of rotatable bonds is 3. The zero-order valence-corrected chi connectivity index (χ0v) is 9.04. The van der Waals surface area contributed by atoms with E-state index in [0.29, 0.717) is 5.92 Å². The van der Waals surface area contributed by atoms with Gasteiger partial charge in [-0.3, -0.25) is 0 Å². The highest BCUT2D eigenvalue weighted by molar-refractivity contribution is 5.14. The molecular formula is C11H20O2. The van der Waals surface area contributed by atoms with Gasteiger partial charge < -0.3 is 9.47 Å². The van der Waals surface area contributed by atoms with Gasteiger partial charge in [0.15, 0.2) is 0 Å². The Labute approximate surface area is 80.9 Å². The summed E-state index contributed by atoms with van der Waals surface area (Å²) in [6.45, 7) is 4.45. The van der Waals surface area contributed by atoms with E-state index in [9.17, 15) is 0 Å². The van der Waals surface area contributed by atoms with Crippen LogP contribution in [0.3, 0.4) is 0 Å². The highest BCUT2D eigenvalue weighted by Crippen LogP contribution is 2.29. The number of methoxy groups -OCH3 is 2. The number of hydrogen-bond donors (Lipinski definition) is 0. The Morgan fingerprint density at radius 3 is 2.54 bits per heavy atom. The van der Waals surface area contributed by atoms with Crippen LogP contribution in [0.2, 0.25) is 0 Å². The van der Waals surface area contributed by atoms with Gasteiger partial charge in [0.1, 0.15) is 6.10 Å². The van der Waals surface area contributed by atoms with Crippen LogP contribution in [0.25, 0.3) is 0 Å². The van der Waals surface area contributed by atoms with Gasteiger partial charge in [-0.1, -0.05) is 25.5 Å². The molecule has 0 aromatic carbocycles. The smallest absolute Gasteiger partial charge is 0.102 e. The van der Waals surface area contributed by atoms with Crippen LogP contribution < -0.4 is 0 Å². The Morgan fingerprint density at radius 2 is 2.08 bits per heavy atom. The molecule has 0 radical (unpaired) electrons. The first-order chi connectivity index (χ1) is 6.22. The Kier molecular flexibility index (Phi) is 3.94. The second kappa shape index (κ2) is 4.77. The summed E-state index contributed by atoms with van der Waals surface area (Å²) in [4.78, 5) is 0. The molecule has 76 valence electrons. The normalized spacial score (nSPS) is 34.5. The van der Waals surface area contributed by atoms with Gasteiger partial charge in [0.2, 0.25) is 0 Å². The molecule has 0 aliphatic heterocycles. The third kappa shape index (κ3) is 2.32. The van der Waals surface area contributed by atoms with Crippen molar-refractivity contribution in [2.75, 3.05) is 14.2 Å². The lowest BCUT2D eigenvalue weighted by atomic mass is 9.84. The van der Waals surface area contributed by atoms with Crippen LogP contribution in [0.1, 0.15) is 26.7 Å². The summed E-state index contributed by atoms with van der Waals surface area (Å²) in [6.07, 6.45) is 4.81. The van der Waals surface area contributed by atoms with Gasteiger partial charge in [-0.15, -0.1) is 0 Å². The number of hydrogen-bond acceptors (Lipinski definition) is 2. The minimum atomic E-state index is 0.149. The maximum absolute atomic E-state index is 5.39. The van der Waals surface area contributed by atoms with Crippen molar-refractivity contribution < 1.29 is 9.47 Å². The van der Waals surface area contributed by atoms with Crippen LogP contribution in [-0.4, -0.2) is 26.4 Å². The summed E-state index contributed by atoms with van der Waals surface area (Å²) in [5.74, 6) is 0.640. The van der Waals surface area contributed by atoms with Gasteiger partial charge >= 0.3 is 0 Å². The largest absolute Gasteiger partial charge is 0.378 e. The summed E-state index contributed by atoms with van der Waals surface area (Å²) < 4.78 is 10.8. The Bertz CT molecular complexity index is 187. The van der Waals surface area contributed by atoms with E-state index in [2.05, 4.69) is 19.9 Å². The van der Waals surface area contributed by atoms with Gasteiger partial charge in [-0.2, -0.15) is 0 Å². The summed E-state index contributed by atoms with van der Waals surface area (Å²) >= 11 is 0. The zero-order valence-electron chi connectivity index (χ0n) is 9.04. The van der Waals surface area contributed by atoms with Crippen molar-refractivity contribution in [3.63, 3.8) is 0 Å². The summed E-state index contributed by atoms with van der Waals surface area (Å²) in [7, 11) is 3.50. The fraction of sp³-hybridized carbons (Fsp3) is 0.818. The molecule has 2 nitrogen and oxygen atoms in total. The van der Waals surface area contributed by atoms with Gasteiger partial charge in [-0.05, 0) is 18.8 Å².